The van der Waals surface area contributed by atoms with E-state index < -0.39 is 32.6 Å². The van der Waals surface area contributed by atoms with E-state index >= 15 is 0 Å². The first-order chi connectivity index (χ1) is 16.1. The molecular weight excluding hydrogens is 579 g/mol. The van der Waals surface area contributed by atoms with Crippen LogP contribution < -0.4 is 21.5 Å². The number of rotatable bonds is 7. The van der Waals surface area contributed by atoms with Gasteiger partial charge in [-0.1, -0.05) is 12.5 Å². The molecule has 1 saturated carbocycles. The molecule has 0 heterocycles. The summed E-state index contributed by atoms with van der Waals surface area (Å²) in [5.74, 6) is -2.77. The van der Waals surface area contributed by atoms with Crippen molar-refractivity contribution in [2.45, 2.75) is 29.4 Å². The van der Waals surface area contributed by atoms with Gasteiger partial charge >= 0.3 is 0 Å². The fraction of sp³-hybridized carbons (Fsp3) is 0.174. The van der Waals surface area contributed by atoms with Crippen LogP contribution in [0, 0.1) is 15.2 Å². The van der Waals surface area contributed by atoms with E-state index in [2.05, 4.69) is 5.32 Å². The molecule has 11 heteroatoms. The zero-order chi connectivity index (χ0) is 24.6. The van der Waals surface area contributed by atoms with E-state index in [0.29, 0.717) is 16.4 Å². The Morgan fingerprint density at radius 1 is 1.06 bits per heavy atom. The van der Waals surface area contributed by atoms with E-state index in [9.17, 15) is 22.0 Å². The topological polar surface area (TPSA) is 125 Å². The Morgan fingerprint density at radius 2 is 1.79 bits per heavy atom. The Labute approximate surface area is 208 Å². The van der Waals surface area contributed by atoms with Crippen LogP contribution in [0.5, 0.6) is 11.5 Å². The number of nitrogens with one attached hydrogen (secondary N) is 1. The minimum atomic E-state index is -3.66. The number of ether oxygens (including phenoxy) is 1. The van der Waals surface area contributed by atoms with Gasteiger partial charge in [-0.05, 0) is 71.8 Å². The molecule has 1 aliphatic rings. The number of amides is 1. The number of primary amides is 1. The van der Waals surface area contributed by atoms with Crippen LogP contribution in [0.1, 0.15) is 29.6 Å². The standard InChI is InChI=1S/C23H20F2IN3O4S/c24-12-9-17(29-16-8-7-13(26)11-15(16)25)21(23(28)30)19(10-12)33-18-5-2-6-20(22(18)27)34(31,32)14-3-1-4-14/h2,5-11,14,29H,1,3-4,27H2,(H2,28,30). The average molecular weight is 599 g/mol. The van der Waals surface area contributed by atoms with Crippen molar-refractivity contribution in [3.63, 3.8) is 0 Å². The first-order valence-electron chi connectivity index (χ1n) is 10.2. The van der Waals surface area contributed by atoms with Gasteiger partial charge in [0.05, 0.1) is 27.2 Å². The number of carbonyl (C=O) groups is 1. The number of sulfone groups is 1. The number of benzene rings is 3. The van der Waals surface area contributed by atoms with Crippen molar-refractivity contribution < 1.29 is 26.7 Å². The van der Waals surface area contributed by atoms with Crippen molar-refractivity contribution in [2.75, 3.05) is 11.1 Å². The van der Waals surface area contributed by atoms with Gasteiger partial charge in [0.1, 0.15) is 22.9 Å². The minimum absolute atomic E-state index is 0.00688. The first kappa shape index (κ1) is 24.2. The fourth-order valence-electron chi connectivity index (χ4n) is 3.59. The molecule has 0 saturated heterocycles. The van der Waals surface area contributed by atoms with Crippen LogP contribution in [-0.2, 0) is 9.84 Å². The minimum Gasteiger partial charge on any atom is -0.454 e. The van der Waals surface area contributed by atoms with E-state index in [1.165, 1.54) is 30.3 Å². The number of hydrogen-bond donors (Lipinski definition) is 3. The molecule has 34 heavy (non-hydrogen) atoms. The molecule has 0 spiro atoms. The summed E-state index contributed by atoms with van der Waals surface area (Å²) in [5.41, 5.74) is 11.1. The smallest absolute Gasteiger partial charge is 0.254 e. The number of nitrogen functional groups attached to an aromatic ring is 1. The fourth-order valence-corrected chi connectivity index (χ4v) is 6.03. The number of carbonyl (C=O) groups excluding carboxylic acids is 1. The van der Waals surface area contributed by atoms with Gasteiger partial charge in [-0.15, -0.1) is 0 Å². The summed E-state index contributed by atoms with van der Waals surface area (Å²) in [4.78, 5) is 12.2. The lowest BCUT2D eigenvalue weighted by Crippen LogP contribution is -2.29. The summed E-state index contributed by atoms with van der Waals surface area (Å²) in [6.45, 7) is 0. The summed E-state index contributed by atoms with van der Waals surface area (Å²) in [6, 6.07) is 10.4. The second-order valence-corrected chi connectivity index (χ2v) is 11.2. The molecule has 5 N–H and O–H groups in total. The van der Waals surface area contributed by atoms with Crippen molar-refractivity contribution in [2.24, 2.45) is 5.73 Å². The molecule has 1 aliphatic carbocycles. The van der Waals surface area contributed by atoms with Crippen LogP contribution in [0.2, 0.25) is 0 Å². The monoisotopic (exact) mass is 599 g/mol. The van der Waals surface area contributed by atoms with E-state index in [-0.39, 0.29) is 39.0 Å². The number of anilines is 3. The average Bonchev–Trinajstić information content (AvgIpc) is 2.69. The van der Waals surface area contributed by atoms with Crippen molar-refractivity contribution in [1.29, 1.82) is 0 Å². The molecular formula is C23H20F2IN3O4S. The van der Waals surface area contributed by atoms with Gasteiger partial charge in [-0.3, -0.25) is 4.79 Å². The lowest BCUT2D eigenvalue weighted by molar-refractivity contribution is 0.0999. The summed E-state index contributed by atoms with van der Waals surface area (Å²) in [7, 11) is -3.66. The van der Waals surface area contributed by atoms with Crippen LogP contribution in [0.4, 0.5) is 25.8 Å². The van der Waals surface area contributed by atoms with Crippen LogP contribution in [0.3, 0.4) is 0 Å². The zero-order valence-electron chi connectivity index (χ0n) is 17.6. The van der Waals surface area contributed by atoms with Gasteiger partial charge in [-0.25, -0.2) is 17.2 Å². The number of hydrogen-bond acceptors (Lipinski definition) is 6. The molecule has 1 fully saturated rings. The lowest BCUT2D eigenvalue weighted by atomic mass is 10.00. The van der Waals surface area contributed by atoms with Gasteiger partial charge in [0.15, 0.2) is 15.6 Å². The third-order valence-corrected chi connectivity index (χ3v) is 8.55. The molecule has 0 aromatic heterocycles. The Balaban J connectivity index is 1.76. The maximum absolute atomic E-state index is 14.5. The SMILES string of the molecule is NC(=O)c1c(Nc2ccc(I)cc2F)cc(F)cc1Oc1cccc(S(=O)(=O)C2CCC2)c1N. The Bertz CT molecular complexity index is 1400. The summed E-state index contributed by atoms with van der Waals surface area (Å²) in [5, 5.41) is 2.16. The van der Waals surface area contributed by atoms with Gasteiger partial charge in [-0.2, -0.15) is 0 Å². The Morgan fingerprint density at radius 3 is 2.41 bits per heavy atom. The summed E-state index contributed by atoms with van der Waals surface area (Å²) in [6.07, 6.45) is 1.92. The first-order valence-corrected chi connectivity index (χ1v) is 12.9. The second-order valence-electron chi connectivity index (χ2n) is 7.81. The van der Waals surface area contributed by atoms with Crippen LogP contribution >= 0.6 is 22.6 Å². The maximum atomic E-state index is 14.5. The highest BCUT2D eigenvalue weighted by molar-refractivity contribution is 14.1. The zero-order valence-corrected chi connectivity index (χ0v) is 20.6. The quantitative estimate of drug-likeness (QED) is 0.256. The molecule has 0 aliphatic heterocycles. The molecule has 3 aromatic rings. The predicted octanol–water partition coefficient (Wildman–Crippen LogP) is 5.11. The van der Waals surface area contributed by atoms with E-state index in [1.54, 1.807) is 6.07 Å². The molecule has 0 bridgehead atoms. The normalized spacial score (nSPS) is 13.9. The molecule has 3 aromatic carbocycles. The molecule has 0 unspecified atom stereocenters. The molecule has 4 rings (SSSR count). The van der Waals surface area contributed by atoms with Gasteiger partial charge < -0.3 is 21.5 Å². The highest BCUT2D eigenvalue weighted by Gasteiger charge is 2.34. The molecule has 0 radical (unpaired) electrons. The van der Waals surface area contributed by atoms with Crippen molar-refractivity contribution in [3.05, 3.63) is 69.3 Å². The van der Waals surface area contributed by atoms with Gasteiger partial charge in [0.25, 0.3) is 5.91 Å². The van der Waals surface area contributed by atoms with Crippen molar-refractivity contribution in [1.82, 2.24) is 0 Å². The van der Waals surface area contributed by atoms with Gasteiger partial charge in [0, 0.05) is 9.64 Å². The third kappa shape index (κ3) is 4.67. The predicted molar refractivity (Wildman–Crippen MR) is 133 cm³/mol. The Hall–Kier alpha value is -2.93. The van der Waals surface area contributed by atoms with Crippen LogP contribution in [0.15, 0.2) is 53.4 Å². The van der Waals surface area contributed by atoms with E-state index in [0.717, 1.165) is 18.6 Å². The largest absolute Gasteiger partial charge is 0.454 e. The van der Waals surface area contributed by atoms with Crippen LogP contribution in [-0.4, -0.2) is 19.6 Å². The molecule has 1 amide bonds. The summed E-state index contributed by atoms with van der Waals surface area (Å²) < 4.78 is 60.9. The molecule has 7 nitrogen and oxygen atoms in total. The van der Waals surface area contributed by atoms with E-state index in [1.807, 2.05) is 22.6 Å². The van der Waals surface area contributed by atoms with Gasteiger partial charge in [0.2, 0.25) is 0 Å². The number of nitrogens with two attached hydrogens (primary N) is 2. The Kier molecular flexibility index (Phi) is 6.67. The van der Waals surface area contributed by atoms with Crippen LogP contribution in [0.25, 0.3) is 0 Å². The molecule has 178 valence electrons. The summed E-state index contributed by atoms with van der Waals surface area (Å²) >= 11 is 1.94. The highest BCUT2D eigenvalue weighted by Crippen LogP contribution is 2.40. The van der Waals surface area contributed by atoms with Crippen molar-refractivity contribution >= 4 is 55.4 Å². The number of halogens is 3. The van der Waals surface area contributed by atoms with E-state index in [4.69, 9.17) is 16.2 Å². The lowest BCUT2D eigenvalue weighted by Gasteiger charge is -2.26. The third-order valence-electron chi connectivity index (χ3n) is 5.56. The van der Waals surface area contributed by atoms with Crippen molar-refractivity contribution in [3.8, 4) is 11.5 Å². The highest BCUT2D eigenvalue weighted by atomic mass is 127. The molecule has 0 atom stereocenters. The maximum Gasteiger partial charge on any atom is 0.254 e. The number of para-hydroxylation sites is 1. The second kappa shape index (κ2) is 9.37.